The summed E-state index contributed by atoms with van der Waals surface area (Å²) in [6, 6.07) is 3.55. The standard InChI is InChI=1S/C22H27N3O7S/c1-4-6-17(27)32-12-14(26)9-25(10-15-7-5-8-31-15)11-16-23-20(28)18-13(2)19(22(29)30-3)33-21(18)24-16/h5,7-8,14,26H,4,6,9-12H2,1-3H3,(H,23,24,28). The van der Waals surface area contributed by atoms with Crippen molar-refractivity contribution in [1.82, 2.24) is 14.9 Å². The van der Waals surface area contributed by atoms with Gasteiger partial charge in [-0.25, -0.2) is 9.78 Å². The molecule has 33 heavy (non-hydrogen) atoms. The third-order valence-electron chi connectivity index (χ3n) is 4.91. The summed E-state index contributed by atoms with van der Waals surface area (Å²) in [5.41, 5.74) is 0.171. The van der Waals surface area contributed by atoms with Crippen molar-refractivity contribution in [2.24, 2.45) is 0 Å². The van der Waals surface area contributed by atoms with E-state index in [2.05, 4.69) is 9.97 Å². The Bertz CT molecular complexity index is 1150. The maximum Gasteiger partial charge on any atom is 0.348 e. The molecular weight excluding hydrogens is 450 g/mol. The maximum absolute atomic E-state index is 12.7. The molecule has 3 heterocycles. The van der Waals surface area contributed by atoms with E-state index in [1.165, 1.54) is 7.11 Å². The number of carbonyl (C=O) groups is 2. The summed E-state index contributed by atoms with van der Waals surface area (Å²) in [5, 5.41) is 10.8. The molecule has 0 amide bonds. The lowest BCUT2D eigenvalue weighted by Crippen LogP contribution is -2.35. The molecule has 3 aromatic heterocycles. The van der Waals surface area contributed by atoms with E-state index in [1.807, 2.05) is 11.8 Å². The minimum atomic E-state index is -0.939. The van der Waals surface area contributed by atoms with E-state index >= 15 is 0 Å². The van der Waals surface area contributed by atoms with Crippen molar-refractivity contribution in [3.63, 3.8) is 0 Å². The normalized spacial score (nSPS) is 12.3. The number of nitrogens with one attached hydrogen (secondary N) is 1. The van der Waals surface area contributed by atoms with Gasteiger partial charge in [0.25, 0.3) is 5.56 Å². The molecule has 11 heteroatoms. The molecule has 178 valence electrons. The molecule has 2 N–H and O–H groups in total. The van der Waals surface area contributed by atoms with Crippen LogP contribution >= 0.6 is 11.3 Å². The molecule has 0 saturated carbocycles. The number of rotatable bonds is 11. The van der Waals surface area contributed by atoms with Crippen LogP contribution in [0.15, 0.2) is 27.6 Å². The largest absolute Gasteiger partial charge is 0.468 e. The van der Waals surface area contributed by atoms with Crippen molar-refractivity contribution in [2.75, 3.05) is 20.3 Å². The van der Waals surface area contributed by atoms with E-state index < -0.39 is 12.1 Å². The van der Waals surface area contributed by atoms with Gasteiger partial charge in [0.15, 0.2) is 0 Å². The Morgan fingerprint density at radius 3 is 2.82 bits per heavy atom. The lowest BCUT2D eigenvalue weighted by atomic mass is 10.2. The Morgan fingerprint density at radius 1 is 1.36 bits per heavy atom. The number of aliphatic hydroxyl groups excluding tert-OH is 1. The van der Waals surface area contributed by atoms with Crippen LogP contribution in [0, 0.1) is 6.92 Å². The Morgan fingerprint density at radius 2 is 2.15 bits per heavy atom. The van der Waals surface area contributed by atoms with Gasteiger partial charge in [0.2, 0.25) is 0 Å². The number of aromatic nitrogens is 2. The first-order valence-electron chi connectivity index (χ1n) is 10.5. The van der Waals surface area contributed by atoms with Gasteiger partial charge in [0.05, 0.1) is 31.8 Å². The van der Waals surface area contributed by atoms with Gasteiger partial charge in [0.1, 0.15) is 34.0 Å². The second-order valence-corrected chi connectivity index (χ2v) is 8.58. The molecule has 0 aliphatic rings. The van der Waals surface area contributed by atoms with Crippen molar-refractivity contribution in [3.05, 3.63) is 50.8 Å². The summed E-state index contributed by atoms with van der Waals surface area (Å²) < 4.78 is 15.3. The molecular formula is C22H27N3O7S. The van der Waals surface area contributed by atoms with Crippen molar-refractivity contribution < 1.29 is 28.6 Å². The van der Waals surface area contributed by atoms with Crippen LogP contribution in [0.25, 0.3) is 10.2 Å². The van der Waals surface area contributed by atoms with Crippen LogP contribution in [0.5, 0.6) is 0 Å². The average Bonchev–Trinajstić information content (AvgIpc) is 3.39. The van der Waals surface area contributed by atoms with E-state index in [4.69, 9.17) is 13.9 Å². The maximum atomic E-state index is 12.7. The van der Waals surface area contributed by atoms with Gasteiger partial charge < -0.3 is 24.0 Å². The monoisotopic (exact) mass is 477 g/mol. The number of fused-ring (bicyclic) bond motifs is 1. The summed E-state index contributed by atoms with van der Waals surface area (Å²) in [5.74, 6) is 0.150. The predicted octanol–water partition coefficient (Wildman–Crippen LogP) is 2.38. The molecule has 0 aromatic carbocycles. The van der Waals surface area contributed by atoms with Crippen LogP contribution < -0.4 is 5.56 Å². The first-order chi connectivity index (χ1) is 15.8. The SMILES string of the molecule is CCCC(=O)OCC(O)CN(Cc1nc2sc(C(=O)OC)c(C)c2c(=O)[nH]1)Cc1ccco1. The molecule has 0 saturated heterocycles. The number of ether oxygens (including phenoxy) is 2. The third-order valence-corrected chi connectivity index (χ3v) is 6.08. The van der Waals surface area contributed by atoms with Crippen LogP contribution in [-0.4, -0.2) is 58.3 Å². The fourth-order valence-corrected chi connectivity index (χ4v) is 4.51. The zero-order valence-electron chi connectivity index (χ0n) is 18.8. The Hall–Kier alpha value is -3.02. The van der Waals surface area contributed by atoms with Crippen molar-refractivity contribution in [1.29, 1.82) is 0 Å². The van der Waals surface area contributed by atoms with E-state index in [-0.39, 0.29) is 31.2 Å². The van der Waals surface area contributed by atoms with E-state index in [1.54, 1.807) is 25.3 Å². The van der Waals surface area contributed by atoms with Gasteiger partial charge in [-0.2, -0.15) is 0 Å². The molecule has 1 atom stereocenters. The lowest BCUT2D eigenvalue weighted by Gasteiger charge is -2.23. The quantitative estimate of drug-likeness (QED) is 0.399. The molecule has 1 unspecified atom stereocenters. The second-order valence-electron chi connectivity index (χ2n) is 7.58. The number of hydrogen-bond donors (Lipinski definition) is 2. The van der Waals surface area contributed by atoms with Gasteiger partial charge in [-0.1, -0.05) is 6.92 Å². The first kappa shape index (κ1) is 24.6. The van der Waals surface area contributed by atoms with E-state index in [0.717, 1.165) is 11.3 Å². The second kappa shape index (κ2) is 11.2. The van der Waals surface area contributed by atoms with Gasteiger partial charge in [-0.3, -0.25) is 14.5 Å². The zero-order valence-corrected chi connectivity index (χ0v) is 19.6. The highest BCUT2D eigenvalue weighted by molar-refractivity contribution is 7.20. The molecule has 0 spiro atoms. The highest BCUT2D eigenvalue weighted by Gasteiger charge is 2.21. The van der Waals surface area contributed by atoms with Crippen LogP contribution in [0.3, 0.4) is 0 Å². The number of esters is 2. The molecule has 0 radical (unpaired) electrons. The highest BCUT2D eigenvalue weighted by atomic mass is 32.1. The summed E-state index contributed by atoms with van der Waals surface area (Å²) in [6.07, 6.45) is 1.57. The molecule has 3 rings (SSSR count). The number of aryl methyl sites for hydroxylation is 1. The number of furan rings is 1. The Labute approximate surface area is 194 Å². The number of nitrogens with zero attached hydrogens (tertiary/aromatic N) is 2. The molecule has 0 aliphatic carbocycles. The summed E-state index contributed by atoms with van der Waals surface area (Å²) in [7, 11) is 1.28. The fourth-order valence-electron chi connectivity index (χ4n) is 3.39. The van der Waals surface area contributed by atoms with Crippen LogP contribution in [0.4, 0.5) is 0 Å². The fraction of sp³-hybridized carbons (Fsp3) is 0.455. The number of methoxy groups -OCH3 is 1. The molecule has 0 fully saturated rings. The number of aromatic amines is 1. The topological polar surface area (TPSA) is 135 Å². The molecule has 0 bridgehead atoms. The average molecular weight is 478 g/mol. The highest BCUT2D eigenvalue weighted by Crippen LogP contribution is 2.27. The summed E-state index contributed by atoms with van der Waals surface area (Å²) in [4.78, 5) is 46.2. The minimum Gasteiger partial charge on any atom is -0.468 e. The predicted molar refractivity (Wildman–Crippen MR) is 121 cm³/mol. The van der Waals surface area contributed by atoms with Crippen molar-refractivity contribution >= 4 is 33.5 Å². The Kier molecular flexibility index (Phi) is 8.37. The third kappa shape index (κ3) is 6.28. The van der Waals surface area contributed by atoms with Crippen LogP contribution in [-0.2, 0) is 27.4 Å². The summed E-state index contributed by atoms with van der Waals surface area (Å²) in [6.45, 7) is 4.10. The number of carbonyl (C=O) groups excluding carboxylic acids is 2. The number of hydrogen-bond acceptors (Lipinski definition) is 10. The van der Waals surface area contributed by atoms with Gasteiger partial charge in [-0.05, 0) is 31.0 Å². The lowest BCUT2D eigenvalue weighted by molar-refractivity contribution is -0.147. The summed E-state index contributed by atoms with van der Waals surface area (Å²) >= 11 is 1.10. The number of aliphatic hydroxyl groups is 1. The number of thiophene rings is 1. The van der Waals surface area contributed by atoms with Crippen molar-refractivity contribution in [2.45, 2.75) is 45.9 Å². The first-order valence-corrected chi connectivity index (χ1v) is 11.3. The molecule has 10 nitrogen and oxygen atoms in total. The van der Waals surface area contributed by atoms with Crippen molar-refractivity contribution in [3.8, 4) is 0 Å². The molecule has 0 aliphatic heterocycles. The Balaban J connectivity index is 1.80. The minimum absolute atomic E-state index is 0.136. The van der Waals surface area contributed by atoms with E-state index in [0.29, 0.717) is 51.6 Å². The number of H-pyrrole nitrogens is 1. The van der Waals surface area contributed by atoms with Crippen LogP contribution in [0.1, 0.15) is 46.6 Å². The van der Waals surface area contributed by atoms with E-state index in [9.17, 15) is 19.5 Å². The van der Waals surface area contributed by atoms with Gasteiger partial charge in [-0.15, -0.1) is 11.3 Å². The van der Waals surface area contributed by atoms with Gasteiger partial charge in [0, 0.05) is 13.0 Å². The zero-order chi connectivity index (χ0) is 24.0. The van der Waals surface area contributed by atoms with Gasteiger partial charge >= 0.3 is 11.9 Å². The van der Waals surface area contributed by atoms with Crippen LogP contribution in [0.2, 0.25) is 0 Å². The smallest absolute Gasteiger partial charge is 0.348 e. The molecule has 3 aromatic rings.